The summed E-state index contributed by atoms with van der Waals surface area (Å²) >= 11 is 0. The molecule has 1 heterocycles. The minimum Gasteiger partial charge on any atom is -0.315 e. The minimum atomic E-state index is 0.0453. The van der Waals surface area contributed by atoms with Crippen LogP contribution in [0.25, 0.3) is 11.4 Å². The van der Waals surface area contributed by atoms with Gasteiger partial charge in [0.05, 0.1) is 6.17 Å². The molecule has 0 spiro atoms. The average Bonchev–Trinajstić information content (AvgIpc) is 2.83. The summed E-state index contributed by atoms with van der Waals surface area (Å²) in [6, 6.07) is 9.83. The minimum absolute atomic E-state index is 0.0453. The van der Waals surface area contributed by atoms with Gasteiger partial charge in [0.25, 0.3) is 0 Å². The van der Waals surface area contributed by atoms with Crippen LogP contribution in [-0.2, 0) is 0 Å². The zero-order valence-corrected chi connectivity index (χ0v) is 11.6. The van der Waals surface area contributed by atoms with Crippen molar-refractivity contribution in [1.29, 1.82) is 5.41 Å². The first-order chi connectivity index (χ1) is 9.19. The molecule has 1 aromatic carbocycles. The van der Waals surface area contributed by atoms with Crippen molar-refractivity contribution in [2.45, 2.75) is 26.9 Å². The topological polar surface area (TPSA) is 58.1 Å². The van der Waals surface area contributed by atoms with Gasteiger partial charge in [-0.15, -0.1) is 0 Å². The number of hydrogen-bond acceptors (Lipinski definition) is 4. The van der Waals surface area contributed by atoms with Crippen LogP contribution >= 0.6 is 0 Å². The summed E-state index contributed by atoms with van der Waals surface area (Å²) in [6.45, 7) is 8.13. The summed E-state index contributed by atoms with van der Waals surface area (Å²) in [5.41, 5.74) is 1.04. The Balaban J connectivity index is 2.47. The molecule has 1 aromatic heterocycles. The second-order valence-electron chi connectivity index (χ2n) is 4.40. The summed E-state index contributed by atoms with van der Waals surface area (Å²) in [4.78, 5) is 2.25. The van der Waals surface area contributed by atoms with Crippen molar-refractivity contribution in [3.05, 3.63) is 36.0 Å². The van der Waals surface area contributed by atoms with Crippen molar-refractivity contribution in [3.63, 3.8) is 0 Å². The molecule has 5 nitrogen and oxygen atoms in total. The normalized spacial score (nSPS) is 12.8. The predicted octanol–water partition coefficient (Wildman–Crippen LogP) is 2.48. The van der Waals surface area contributed by atoms with Crippen LogP contribution in [-0.4, -0.2) is 27.7 Å². The third-order valence-corrected chi connectivity index (χ3v) is 3.41. The molecule has 1 N–H and O–H groups in total. The Hall–Kier alpha value is -1.88. The van der Waals surface area contributed by atoms with Crippen LogP contribution in [0, 0.1) is 5.41 Å². The standard InChI is InChI=1S/C14H20N4O/c1-4-17(5-2)11(3)18-13(16-19-14(18)15)12-9-7-6-8-10-12/h6-11,15H,4-5H2,1-3H3. The van der Waals surface area contributed by atoms with Gasteiger partial charge in [-0.05, 0) is 20.0 Å². The Morgan fingerprint density at radius 3 is 2.47 bits per heavy atom. The molecule has 0 radical (unpaired) electrons. The molecular weight excluding hydrogens is 240 g/mol. The number of nitrogens with one attached hydrogen (secondary N) is 1. The van der Waals surface area contributed by atoms with Crippen LogP contribution in [0.4, 0.5) is 0 Å². The smallest absolute Gasteiger partial charge is 0.315 e. The van der Waals surface area contributed by atoms with Gasteiger partial charge in [-0.1, -0.05) is 49.3 Å². The largest absolute Gasteiger partial charge is 0.321 e. The lowest BCUT2D eigenvalue weighted by atomic mass is 10.2. The van der Waals surface area contributed by atoms with E-state index in [2.05, 4.69) is 30.8 Å². The second kappa shape index (κ2) is 5.84. The average molecular weight is 260 g/mol. The lowest BCUT2D eigenvalue weighted by Gasteiger charge is -2.27. The van der Waals surface area contributed by atoms with Crippen molar-refractivity contribution < 1.29 is 4.52 Å². The molecule has 0 aliphatic carbocycles. The number of nitrogens with zero attached hydrogens (tertiary/aromatic N) is 3. The number of aromatic nitrogens is 2. The first-order valence-corrected chi connectivity index (χ1v) is 6.61. The maximum Gasteiger partial charge on any atom is 0.321 e. The van der Waals surface area contributed by atoms with Gasteiger partial charge in [0.1, 0.15) is 0 Å². The highest BCUT2D eigenvalue weighted by molar-refractivity contribution is 5.54. The quantitative estimate of drug-likeness (QED) is 0.898. The SMILES string of the molecule is CCN(CC)C(C)n1c(-c2ccccc2)noc1=N. The molecule has 19 heavy (non-hydrogen) atoms. The molecule has 0 fully saturated rings. The van der Waals surface area contributed by atoms with Gasteiger partial charge in [-0.3, -0.25) is 9.47 Å². The van der Waals surface area contributed by atoms with Gasteiger partial charge < -0.3 is 4.52 Å². The zero-order chi connectivity index (χ0) is 13.8. The number of hydrogen-bond donors (Lipinski definition) is 1. The number of rotatable bonds is 5. The molecular formula is C14H20N4O. The summed E-state index contributed by atoms with van der Waals surface area (Å²) in [7, 11) is 0. The molecule has 2 aromatic rings. The lowest BCUT2D eigenvalue weighted by Crippen LogP contribution is -2.35. The highest BCUT2D eigenvalue weighted by Gasteiger charge is 2.19. The van der Waals surface area contributed by atoms with E-state index in [0.717, 1.165) is 18.7 Å². The summed E-state index contributed by atoms with van der Waals surface area (Å²) in [5.74, 6) is 0.699. The highest BCUT2D eigenvalue weighted by atomic mass is 16.5. The van der Waals surface area contributed by atoms with Crippen molar-refractivity contribution in [3.8, 4) is 11.4 Å². The van der Waals surface area contributed by atoms with E-state index >= 15 is 0 Å². The van der Waals surface area contributed by atoms with Gasteiger partial charge in [0.2, 0.25) is 0 Å². The van der Waals surface area contributed by atoms with Crippen molar-refractivity contribution in [1.82, 2.24) is 14.6 Å². The Kier molecular flexibility index (Phi) is 4.16. The van der Waals surface area contributed by atoms with Crippen LogP contribution in [0.5, 0.6) is 0 Å². The van der Waals surface area contributed by atoms with E-state index in [1.54, 1.807) is 0 Å². The second-order valence-corrected chi connectivity index (χ2v) is 4.40. The van der Waals surface area contributed by atoms with E-state index in [-0.39, 0.29) is 11.9 Å². The maximum absolute atomic E-state index is 7.92. The van der Waals surface area contributed by atoms with Crippen molar-refractivity contribution >= 4 is 0 Å². The van der Waals surface area contributed by atoms with E-state index in [9.17, 15) is 0 Å². The lowest BCUT2D eigenvalue weighted by molar-refractivity contribution is 0.161. The van der Waals surface area contributed by atoms with Gasteiger partial charge in [-0.25, -0.2) is 5.41 Å². The monoisotopic (exact) mass is 260 g/mol. The molecule has 1 atom stereocenters. The molecule has 0 amide bonds. The molecule has 5 heteroatoms. The predicted molar refractivity (Wildman–Crippen MR) is 73.4 cm³/mol. The fourth-order valence-corrected chi connectivity index (χ4v) is 2.31. The summed E-state index contributed by atoms with van der Waals surface area (Å²) in [6.07, 6.45) is 0.0453. The van der Waals surface area contributed by atoms with Crippen LogP contribution in [0.2, 0.25) is 0 Å². The van der Waals surface area contributed by atoms with Crippen LogP contribution in [0.3, 0.4) is 0 Å². The molecule has 0 aliphatic heterocycles. The molecule has 0 aliphatic rings. The molecule has 0 bridgehead atoms. The van der Waals surface area contributed by atoms with Gasteiger partial charge in [0.15, 0.2) is 5.82 Å². The van der Waals surface area contributed by atoms with Crippen LogP contribution in [0.1, 0.15) is 26.9 Å². The van der Waals surface area contributed by atoms with E-state index in [1.807, 2.05) is 34.9 Å². The van der Waals surface area contributed by atoms with E-state index in [1.165, 1.54) is 0 Å². The molecule has 0 saturated carbocycles. The third-order valence-electron chi connectivity index (χ3n) is 3.41. The summed E-state index contributed by atoms with van der Waals surface area (Å²) in [5, 5.41) is 12.0. The molecule has 0 saturated heterocycles. The molecule has 2 rings (SSSR count). The molecule has 1 unspecified atom stereocenters. The fraction of sp³-hybridized carbons (Fsp3) is 0.429. The van der Waals surface area contributed by atoms with Crippen LogP contribution in [0.15, 0.2) is 34.9 Å². The van der Waals surface area contributed by atoms with E-state index in [0.29, 0.717) is 5.82 Å². The van der Waals surface area contributed by atoms with Gasteiger partial charge in [0, 0.05) is 5.56 Å². The Morgan fingerprint density at radius 1 is 1.26 bits per heavy atom. The van der Waals surface area contributed by atoms with Gasteiger partial charge in [-0.2, -0.15) is 0 Å². The molecule has 102 valence electrons. The third kappa shape index (κ3) is 2.61. The summed E-state index contributed by atoms with van der Waals surface area (Å²) < 4.78 is 6.89. The van der Waals surface area contributed by atoms with Crippen LogP contribution < -0.4 is 5.68 Å². The highest BCUT2D eigenvalue weighted by Crippen LogP contribution is 2.20. The van der Waals surface area contributed by atoms with Gasteiger partial charge >= 0.3 is 5.68 Å². The maximum atomic E-state index is 7.92. The van der Waals surface area contributed by atoms with E-state index in [4.69, 9.17) is 9.93 Å². The first-order valence-electron chi connectivity index (χ1n) is 6.61. The fourth-order valence-electron chi connectivity index (χ4n) is 2.31. The first kappa shape index (κ1) is 13.5. The Bertz CT molecular complexity index is 569. The zero-order valence-electron chi connectivity index (χ0n) is 11.6. The number of benzene rings is 1. The van der Waals surface area contributed by atoms with Crippen molar-refractivity contribution in [2.75, 3.05) is 13.1 Å². The Labute approximate surface area is 113 Å². The van der Waals surface area contributed by atoms with E-state index < -0.39 is 0 Å². The van der Waals surface area contributed by atoms with Crippen molar-refractivity contribution in [2.24, 2.45) is 0 Å². The Morgan fingerprint density at radius 2 is 1.89 bits per heavy atom.